The summed E-state index contributed by atoms with van der Waals surface area (Å²) in [6.45, 7) is 9.49. The summed E-state index contributed by atoms with van der Waals surface area (Å²) in [5.74, 6) is 0.720. The molecule has 3 nitrogen and oxygen atoms in total. The van der Waals surface area contributed by atoms with Crippen LogP contribution in [0.25, 0.3) is 0 Å². The molecule has 1 aliphatic rings. The second-order valence-electron chi connectivity index (χ2n) is 4.40. The summed E-state index contributed by atoms with van der Waals surface area (Å²) < 4.78 is 5.15. The molecule has 0 aromatic rings. The van der Waals surface area contributed by atoms with Crippen LogP contribution in [0.3, 0.4) is 0 Å². The normalized spacial score (nSPS) is 26.3. The average Bonchev–Trinajstić information content (AvgIpc) is 2.17. The lowest BCUT2D eigenvalue weighted by atomic mass is 9.84. The highest BCUT2D eigenvalue weighted by Gasteiger charge is 2.25. The molecule has 1 heterocycles. The van der Waals surface area contributed by atoms with Crippen LogP contribution in [-0.4, -0.2) is 25.2 Å². The van der Waals surface area contributed by atoms with Gasteiger partial charge in [0, 0.05) is 13.0 Å². The zero-order chi connectivity index (χ0) is 11.3. The summed E-state index contributed by atoms with van der Waals surface area (Å²) in [5.41, 5.74) is 0. The number of piperidine rings is 1. The number of hydrogen-bond acceptors (Lipinski definition) is 3. The molecular weight excluding hydrogens is 190 g/mol. The maximum Gasteiger partial charge on any atom is 0.306 e. The lowest BCUT2D eigenvalue weighted by Gasteiger charge is -2.29. The van der Waals surface area contributed by atoms with Gasteiger partial charge in [0.15, 0.2) is 0 Å². The molecule has 1 N–H and O–H groups in total. The number of esters is 1. The van der Waals surface area contributed by atoms with Crippen molar-refractivity contribution in [1.82, 2.24) is 5.32 Å². The fourth-order valence-corrected chi connectivity index (χ4v) is 1.99. The van der Waals surface area contributed by atoms with E-state index in [0.717, 1.165) is 19.5 Å². The van der Waals surface area contributed by atoms with Gasteiger partial charge < -0.3 is 10.1 Å². The van der Waals surface area contributed by atoms with Crippen molar-refractivity contribution in [3.8, 4) is 0 Å². The lowest BCUT2D eigenvalue weighted by Crippen LogP contribution is -2.36. The average molecular weight is 211 g/mol. The van der Waals surface area contributed by atoms with Crippen molar-refractivity contribution in [1.29, 1.82) is 0 Å². The minimum absolute atomic E-state index is 0.0126. The van der Waals surface area contributed by atoms with Gasteiger partial charge in [0.2, 0.25) is 0 Å². The molecule has 15 heavy (non-hydrogen) atoms. The van der Waals surface area contributed by atoms with Gasteiger partial charge in [-0.2, -0.15) is 0 Å². The second-order valence-corrected chi connectivity index (χ2v) is 4.40. The van der Waals surface area contributed by atoms with Crippen LogP contribution in [0.15, 0.2) is 12.7 Å². The molecule has 86 valence electrons. The van der Waals surface area contributed by atoms with Crippen LogP contribution >= 0.6 is 0 Å². The topological polar surface area (TPSA) is 38.3 Å². The molecule has 1 saturated heterocycles. The summed E-state index contributed by atoms with van der Waals surface area (Å²) in [6, 6.07) is 0. The van der Waals surface area contributed by atoms with Gasteiger partial charge in [0.05, 0.1) is 6.10 Å². The fraction of sp³-hybridized carbons (Fsp3) is 0.750. The van der Waals surface area contributed by atoms with Crippen LogP contribution in [0.5, 0.6) is 0 Å². The first-order valence-electron chi connectivity index (χ1n) is 5.66. The van der Waals surface area contributed by atoms with E-state index in [4.69, 9.17) is 4.74 Å². The first-order valence-corrected chi connectivity index (χ1v) is 5.66. The van der Waals surface area contributed by atoms with E-state index in [1.54, 1.807) is 0 Å². The zero-order valence-electron chi connectivity index (χ0n) is 9.66. The predicted octanol–water partition coefficient (Wildman–Crippen LogP) is 1.74. The lowest BCUT2D eigenvalue weighted by molar-refractivity contribution is -0.149. The van der Waals surface area contributed by atoms with E-state index < -0.39 is 0 Å². The van der Waals surface area contributed by atoms with E-state index in [0.29, 0.717) is 18.3 Å². The van der Waals surface area contributed by atoms with Gasteiger partial charge in [0.25, 0.3) is 0 Å². The van der Waals surface area contributed by atoms with Gasteiger partial charge in [-0.1, -0.05) is 6.08 Å². The maximum absolute atomic E-state index is 11.5. The van der Waals surface area contributed by atoms with E-state index in [-0.39, 0.29) is 12.1 Å². The highest BCUT2D eigenvalue weighted by molar-refractivity contribution is 5.69. The molecule has 1 aliphatic heterocycles. The molecule has 1 rings (SSSR count). The van der Waals surface area contributed by atoms with Gasteiger partial charge in [-0.15, -0.1) is 6.58 Å². The van der Waals surface area contributed by atoms with E-state index >= 15 is 0 Å². The second kappa shape index (κ2) is 5.91. The predicted molar refractivity (Wildman–Crippen MR) is 60.5 cm³/mol. The summed E-state index contributed by atoms with van der Waals surface area (Å²) in [7, 11) is 0. The number of hydrogen-bond donors (Lipinski definition) is 1. The molecular formula is C12H21NO2. The van der Waals surface area contributed by atoms with Gasteiger partial charge in [-0.05, 0) is 38.6 Å². The Kier molecular flexibility index (Phi) is 4.82. The molecule has 1 fully saturated rings. The van der Waals surface area contributed by atoms with Crippen molar-refractivity contribution >= 4 is 5.97 Å². The maximum atomic E-state index is 11.5. The Balaban J connectivity index is 2.40. The third kappa shape index (κ3) is 4.04. The Hall–Kier alpha value is -0.830. The number of nitrogens with one attached hydrogen (secondary N) is 1. The number of ether oxygens (including phenoxy) is 1. The van der Waals surface area contributed by atoms with Crippen LogP contribution in [0.1, 0.15) is 26.7 Å². The quantitative estimate of drug-likeness (QED) is 0.568. The van der Waals surface area contributed by atoms with Gasteiger partial charge in [-0.25, -0.2) is 0 Å². The largest absolute Gasteiger partial charge is 0.463 e. The number of rotatable bonds is 4. The van der Waals surface area contributed by atoms with Crippen LogP contribution in [-0.2, 0) is 9.53 Å². The van der Waals surface area contributed by atoms with Crippen molar-refractivity contribution in [2.45, 2.75) is 32.8 Å². The van der Waals surface area contributed by atoms with E-state index in [1.807, 2.05) is 19.9 Å². The SMILES string of the molecule is C=C[C@H]1CNCC[C@H]1CC(=O)OC(C)C. The summed E-state index contributed by atoms with van der Waals surface area (Å²) in [4.78, 5) is 11.5. The molecule has 0 aliphatic carbocycles. The van der Waals surface area contributed by atoms with E-state index in [9.17, 15) is 4.79 Å². The van der Waals surface area contributed by atoms with Crippen molar-refractivity contribution in [2.75, 3.05) is 13.1 Å². The Labute approximate surface area is 91.9 Å². The molecule has 0 saturated carbocycles. The molecule has 0 bridgehead atoms. The minimum Gasteiger partial charge on any atom is -0.463 e. The molecule has 0 aromatic heterocycles. The monoisotopic (exact) mass is 211 g/mol. The number of carbonyl (C=O) groups excluding carboxylic acids is 1. The fourth-order valence-electron chi connectivity index (χ4n) is 1.99. The molecule has 2 atom stereocenters. The third-order valence-corrected chi connectivity index (χ3v) is 2.78. The minimum atomic E-state index is -0.0799. The smallest absolute Gasteiger partial charge is 0.306 e. The molecule has 0 amide bonds. The first-order chi connectivity index (χ1) is 7.13. The van der Waals surface area contributed by atoms with Crippen LogP contribution in [0.2, 0.25) is 0 Å². The molecule has 0 radical (unpaired) electrons. The first kappa shape index (κ1) is 12.2. The van der Waals surface area contributed by atoms with Gasteiger partial charge in [-0.3, -0.25) is 4.79 Å². The van der Waals surface area contributed by atoms with Crippen LogP contribution < -0.4 is 5.32 Å². The van der Waals surface area contributed by atoms with Crippen molar-refractivity contribution in [3.63, 3.8) is 0 Å². The molecule has 0 spiro atoms. The Morgan fingerprint density at radius 1 is 1.67 bits per heavy atom. The highest BCUT2D eigenvalue weighted by atomic mass is 16.5. The molecule has 3 heteroatoms. The summed E-state index contributed by atoms with van der Waals surface area (Å²) in [5, 5.41) is 3.31. The van der Waals surface area contributed by atoms with Crippen molar-refractivity contribution < 1.29 is 9.53 Å². The number of carbonyl (C=O) groups is 1. The Bertz CT molecular complexity index is 226. The van der Waals surface area contributed by atoms with E-state index in [1.165, 1.54) is 0 Å². The van der Waals surface area contributed by atoms with Gasteiger partial charge >= 0.3 is 5.97 Å². The molecule has 0 aromatic carbocycles. The highest BCUT2D eigenvalue weighted by Crippen LogP contribution is 2.24. The van der Waals surface area contributed by atoms with Gasteiger partial charge in [0.1, 0.15) is 0 Å². The summed E-state index contributed by atoms with van der Waals surface area (Å²) >= 11 is 0. The summed E-state index contributed by atoms with van der Waals surface area (Å²) in [6.07, 6.45) is 3.49. The van der Waals surface area contributed by atoms with Crippen LogP contribution in [0.4, 0.5) is 0 Å². The standard InChI is InChI=1S/C12H21NO2/c1-4-10-8-13-6-5-11(10)7-12(14)15-9(2)3/h4,9-11,13H,1,5-8H2,2-3H3/t10-,11-/m0/s1. The van der Waals surface area contributed by atoms with Crippen molar-refractivity contribution in [2.24, 2.45) is 11.8 Å². The Morgan fingerprint density at radius 2 is 2.40 bits per heavy atom. The Morgan fingerprint density at radius 3 is 3.00 bits per heavy atom. The zero-order valence-corrected chi connectivity index (χ0v) is 9.66. The van der Waals surface area contributed by atoms with Crippen molar-refractivity contribution in [3.05, 3.63) is 12.7 Å². The van der Waals surface area contributed by atoms with E-state index in [2.05, 4.69) is 11.9 Å². The molecule has 0 unspecified atom stereocenters. The van der Waals surface area contributed by atoms with Crippen LogP contribution in [0, 0.1) is 11.8 Å². The third-order valence-electron chi connectivity index (χ3n) is 2.78.